The SMILES string of the molecule is CC(C)CNC(=O)/C=C/C=C/Cc1ccc(F)cc1. The smallest absolute Gasteiger partial charge is 0.243 e. The Kier molecular flexibility index (Phi) is 6.58. The normalized spacial score (nSPS) is 11.6. The first-order chi connectivity index (χ1) is 9.08. The molecule has 1 aromatic rings. The third-order valence-corrected chi connectivity index (χ3v) is 2.45. The van der Waals surface area contributed by atoms with Gasteiger partial charge in [-0.1, -0.05) is 44.2 Å². The van der Waals surface area contributed by atoms with Crippen LogP contribution in [-0.2, 0) is 11.2 Å². The van der Waals surface area contributed by atoms with E-state index >= 15 is 0 Å². The molecule has 1 amide bonds. The summed E-state index contributed by atoms with van der Waals surface area (Å²) >= 11 is 0. The molecule has 2 nitrogen and oxygen atoms in total. The molecule has 1 aromatic carbocycles. The fraction of sp³-hybridized carbons (Fsp3) is 0.312. The molecule has 0 heterocycles. The van der Waals surface area contributed by atoms with Crippen LogP contribution in [0.4, 0.5) is 4.39 Å². The van der Waals surface area contributed by atoms with Crippen molar-refractivity contribution in [1.29, 1.82) is 0 Å². The van der Waals surface area contributed by atoms with Crippen LogP contribution < -0.4 is 5.32 Å². The fourth-order valence-electron chi connectivity index (χ4n) is 1.41. The van der Waals surface area contributed by atoms with E-state index in [1.165, 1.54) is 18.2 Å². The second kappa shape index (κ2) is 8.25. The lowest BCUT2D eigenvalue weighted by Crippen LogP contribution is -2.25. The molecule has 0 aromatic heterocycles. The summed E-state index contributed by atoms with van der Waals surface area (Å²) in [5, 5.41) is 2.80. The van der Waals surface area contributed by atoms with Crippen LogP contribution in [0.1, 0.15) is 19.4 Å². The van der Waals surface area contributed by atoms with Gasteiger partial charge in [0.1, 0.15) is 5.82 Å². The average molecular weight is 261 g/mol. The van der Waals surface area contributed by atoms with Crippen molar-refractivity contribution in [3.05, 3.63) is 60.0 Å². The Morgan fingerprint density at radius 2 is 1.95 bits per heavy atom. The number of hydrogen-bond donors (Lipinski definition) is 1. The van der Waals surface area contributed by atoms with Gasteiger partial charge < -0.3 is 5.32 Å². The monoisotopic (exact) mass is 261 g/mol. The quantitative estimate of drug-likeness (QED) is 0.618. The number of benzene rings is 1. The second-order valence-corrected chi connectivity index (χ2v) is 4.76. The third-order valence-electron chi connectivity index (χ3n) is 2.45. The lowest BCUT2D eigenvalue weighted by Gasteiger charge is -2.03. The van der Waals surface area contributed by atoms with Gasteiger partial charge in [0.25, 0.3) is 0 Å². The molecule has 0 aliphatic rings. The van der Waals surface area contributed by atoms with Gasteiger partial charge in [-0.3, -0.25) is 4.79 Å². The van der Waals surface area contributed by atoms with Crippen LogP contribution >= 0.6 is 0 Å². The number of hydrogen-bond acceptors (Lipinski definition) is 1. The minimum absolute atomic E-state index is 0.0832. The lowest BCUT2D eigenvalue weighted by atomic mass is 10.1. The summed E-state index contributed by atoms with van der Waals surface area (Å²) in [6, 6.07) is 6.38. The van der Waals surface area contributed by atoms with Gasteiger partial charge >= 0.3 is 0 Å². The molecule has 0 spiro atoms. The number of amides is 1. The Bertz CT molecular complexity index is 446. The van der Waals surface area contributed by atoms with Crippen molar-refractivity contribution in [2.24, 2.45) is 5.92 Å². The molecule has 3 heteroatoms. The first kappa shape index (κ1) is 15.2. The number of halogens is 1. The van der Waals surface area contributed by atoms with E-state index in [0.29, 0.717) is 12.5 Å². The summed E-state index contributed by atoms with van der Waals surface area (Å²) in [6.07, 6.45) is 7.68. The van der Waals surface area contributed by atoms with Crippen molar-refractivity contribution < 1.29 is 9.18 Å². The molecule has 0 aliphatic carbocycles. The molecule has 19 heavy (non-hydrogen) atoms. The topological polar surface area (TPSA) is 29.1 Å². The lowest BCUT2D eigenvalue weighted by molar-refractivity contribution is -0.116. The molecule has 1 N–H and O–H groups in total. The molecule has 0 aliphatic heterocycles. The van der Waals surface area contributed by atoms with Gasteiger partial charge in [0, 0.05) is 12.6 Å². The summed E-state index contributed by atoms with van der Waals surface area (Å²) in [7, 11) is 0. The summed E-state index contributed by atoms with van der Waals surface area (Å²) in [4.78, 5) is 11.3. The number of nitrogens with one attached hydrogen (secondary N) is 1. The van der Waals surface area contributed by atoms with Crippen molar-refractivity contribution in [2.45, 2.75) is 20.3 Å². The van der Waals surface area contributed by atoms with Crippen molar-refractivity contribution in [2.75, 3.05) is 6.54 Å². The van der Waals surface area contributed by atoms with Crippen molar-refractivity contribution >= 4 is 5.91 Å². The molecule has 0 bridgehead atoms. The van der Waals surface area contributed by atoms with Gasteiger partial charge in [-0.15, -0.1) is 0 Å². The predicted octanol–water partition coefficient (Wildman–Crippen LogP) is 3.25. The molecule has 0 fully saturated rings. The van der Waals surface area contributed by atoms with Gasteiger partial charge in [-0.2, -0.15) is 0 Å². The van der Waals surface area contributed by atoms with E-state index in [1.54, 1.807) is 18.2 Å². The largest absolute Gasteiger partial charge is 0.352 e. The van der Waals surface area contributed by atoms with Crippen LogP contribution in [-0.4, -0.2) is 12.5 Å². The summed E-state index contributed by atoms with van der Waals surface area (Å²) in [6.45, 7) is 4.78. The van der Waals surface area contributed by atoms with Gasteiger partial charge in [0.2, 0.25) is 5.91 Å². The van der Waals surface area contributed by atoms with Crippen LogP contribution in [0, 0.1) is 11.7 Å². The van der Waals surface area contributed by atoms with Gasteiger partial charge in [-0.25, -0.2) is 4.39 Å². The molecule has 0 radical (unpaired) electrons. The summed E-state index contributed by atoms with van der Waals surface area (Å²) in [5.74, 6) is 0.140. The minimum atomic E-state index is -0.227. The average Bonchev–Trinajstić information content (AvgIpc) is 2.38. The Hall–Kier alpha value is -1.90. The zero-order valence-electron chi connectivity index (χ0n) is 11.4. The number of allylic oxidation sites excluding steroid dienone is 3. The maximum absolute atomic E-state index is 12.7. The summed E-state index contributed by atoms with van der Waals surface area (Å²) < 4.78 is 12.7. The van der Waals surface area contributed by atoms with Gasteiger partial charge in [0.15, 0.2) is 0 Å². The Balaban J connectivity index is 2.29. The van der Waals surface area contributed by atoms with E-state index in [9.17, 15) is 9.18 Å². The highest BCUT2D eigenvalue weighted by Crippen LogP contribution is 2.03. The van der Waals surface area contributed by atoms with Crippen molar-refractivity contribution in [3.63, 3.8) is 0 Å². The molecule has 0 atom stereocenters. The number of carbonyl (C=O) groups excluding carboxylic acids is 1. The molecule has 102 valence electrons. The van der Waals surface area contributed by atoms with E-state index in [-0.39, 0.29) is 11.7 Å². The highest BCUT2D eigenvalue weighted by atomic mass is 19.1. The predicted molar refractivity (Wildman–Crippen MR) is 76.2 cm³/mol. The van der Waals surface area contributed by atoms with Crippen LogP contribution in [0.25, 0.3) is 0 Å². The van der Waals surface area contributed by atoms with Crippen LogP contribution in [0.5, 0.6) is 0 Å². The molecule has 0 saturated carbocycles. The molecule has 0 unspecified atom stereocenters. The first-order valence-electron chi connectivity index (χ1n) is 6.43. The third kappa shape index (κ3) is 7.19. The van der Waals surface area contributed by atoms with Crippen molar-refractivity contribution in [3.8, 4) is 0 Å². The van der Waals surface area contributed by atoms with E-state index in [4.69, 9.17) is 0 Å². The van der Waals surface area contributed by atoms with E-state index in [2.05, 4.69) is 5.32 Å². The molecule has 1 rings (SSSR count). The first-order valence-corrected chi connectivity index (χ1v) is 6.43. The molecular weight excluding hydrogens is 241 g/mol. The molecular formula is C16H20FNO. The Labute approximate surface area is 114 Å². The molecule has 0 saturated heterocycles. The van der Waals surface area contributed by atoms with Crippen LogP contribution in [0.15, 0.2) is 48.6 Å². The highest BCUT2D eigenvalue weighted by Gasteiger charge is 1.95. The Morgan fingerprint density at radius 1 is 1.26 bits per heavy atom. The van der Waals surface area contributed by atoms with Gasteiger partial charge in [0.05, 0.1) is 0 Å². The van der Waals surface area contributed by atoms with E-state index in [0.717, 1.165) is 12.0 Å². The second-order valence-electron chi connectivity index (χ2n) is 4.76. The maximum atomic E-state index is 12.7. The number of rotatable bonds is 6. The van der Waals surface area contributed by atoms with Crippen LogP contribution in [0.2, 0.25) is 0 Å². The standard InChI is InChI=1S/C16H20FNO/c1-13(2)12-18-16(19)7-5-3-4-6-14-8-10-15(17)11-9-14/h3-5,7-11,13H,6,12H2,1-2H3,(H,18,19)/b4-3+,7-5+. The summed E-state index contributed by atoms with van der Waals surface area (Å²) in [5.41, 5.74) is 1.04. The zero-order chi connectivity index (χ0) is 14.1. The van der Waals surface area contributed by atoms with E-state index in [1.807, 2.05) is 26.0 Å². The highest BCUT2D eigenvalue weighted by molar-refractivity contribution is 5.87. The zero-order valence-corrected chi connectivity index (χ0v) is 11.4. The minimum Gasteiger partial charge on any atom is -0.352 e. The van der Waals surface area contributed by atoms with Crippen molar-refractivity contribution in [1.82, 2.24) is 5.32 Å². The van der Waals surface area contributed by atoms with Gasteiger partial charge in [-0.05, 0) is 30.0 Å². The Morgan fingerprint density at radius 3 is 2.58 bits per heavy atom. The maximum Gasteiger partial charge on any atom is 0.243 e. The fourth-order valence-corrected chi connectivity index (χ4v) is 1.41. The van der Waals surface area contributed by atoms with Crippen LogP contribution in [0.3, 0.4) is 0 Å². The van der Waals surface area contributed by atoms with E-state index < -0.39 is 0 Å². The number of carbonyl (C=O) groups is 1.